The number of thiophene rings is 1. The highest BCUT2D eigenvalue weighted by molar-refractivity contribution is 7.16. The van der Waals surface area contributed by atoms with E-state index in [1.165, 1.54) is 4.88 Å². The Balaban J connectivity index is 1.92. The quantitative estimate of drug-likeness (QED) is 0.797. The van der Waals surface area contributed by atoms with Gasteiger partial charge in [-0.05, 0) is 12.1 Å². The summed E-state index contributed by atoms with van der Waals surface area (Å²) in [6, 6.07) is 6.08. The number of hydrogen-bond donors (Lipinski definition) is 0. The van der Waals surface area contributed by atoms with Crippen LogP contribution in [0.5, 0.6) is 0 Å². The second kappa shape index (κ2) is 4.95. The van der Waals surface area contributed by atoms with Crippen molar-refractivity contribution in [1.29, 1.82) is 5.26 Å². The van der Waals surface area contributed by atoms with Crippen LogP contribution < -0.4 is 0 Å². The first kappa shape index (κ1) is 10.9. The summed E-state index contributed by atoms with van der Waals surface area (Å²) in [5, 5.41) is 8.76. The van der Waals surface area contributed by atoms with Gasteiger partial charge in [0.2, 0.25) is 0 Å². The van der Waals surface area contributed by atoms with Gasteiger partial charge in [-0.3, -0.25) is 4.90 Å². The summed E-state index contributed by atoms with van der Waals surface area (Å²) < 4.78 is 6.09. The van der Waals surface area contributed by atoms with Crippen LogP contribution in [0, 0.1) is 11.3 Å². The standard InChI is InChI=1S/C10H11ClN2OS/c11-10-2-1-9(15-10)7-13-3-4-14-8(5-12)6-13/h1-2,8H,3-4,6-7H2. The van der Waals surface area contributed by atoms with Gasteiger partial charge in [0.15, 0.2) is 6.10 Å². The Kier molecular flexibility index (Phi) is 3.60. The number of rotatable bonds is 2. The van der Waals surface area contributed by atoms with Gasteiger partial charge in [-0.25, -0.2) is 0 Å². The third kappa shape index (κ3) is 2.93. The molecule has 0 N–H and O–H groups in total. The van der Waals surface area contributed by atoms with Crippen LogP contribution >= 0.6 is 22.9 Å². The Labute approximate surface area is 97.8 Å². The molecule has 0 aliphatic carbocycles. The molecule has 1 aromatic rings. The van der Waals surface area contributed by atoms with Gasteiger partial charge in [-0.2, -0.15) is 5.26 Å². The topological polar surface area (TPSA) is 36.3 Å². The molecule has 1 saturated heterocycles. The molecule has 0 amide bonds. The summed E-state index contributed by atoms with van der Waals surface area (Å²) >= 11 is 7.45. The molecule has 80 valence electrons. The van der Waals surface area contributed by atoms with Crippen LogP contribution in [0.15, 0.2) is 12.1 Å². The van der Waals surface area contributed by atoms with Gasteiger partial charge >= 0.3 is 0 Å². The second-order valence-electron chi connectivity index (χ2n) is 3.43. The number of ether oxygens (including phenoxy) is 1. The van der Waals surface area contributed by atoms with Crippen molar-refractivity contribution >= 4 is 22.9 Å². The van der Waals surface area contributed by atoms with Crippen LogP contribution in [0.3, 0.4) is 0 Å². The fraction of sp³-hybridized carbons (Fsp3) is 0.500. The van der Waals surface area contributed by atoms with E-state index in [0.717, 1.165) is 17.4 Å². The van der Waals surface area contributed by atoms with Crippen LogP contribution in [-0.4, -0.2) is 30.7 Å². The lowest BCUT2D eigenvalue weighted by Crippen LogP contribution is -2.41. The first-order valence-electron chi connectivity index (χ1n) is 4.76. The smallest absolute Gasteiger partial charge is 0.156 e. The van der Waals surface area contributed by atoms with Gasteiger partial charge in [0.1, 0.15) is 0 Å². The van der Waals surface area contributed by atoms with Gasteiger partial charge < -0.3 is 4.74 Å². The molecule has 1 atom stereocenters. The van der Waals surface area contributed by atoms with Crippen molar-refractivity contribution in [2.75, 3.05) is 19.7 Å². The minimum absolute atomic E-state index is 0.283. The number of halogens is 1. The van der Waals surface area contributed by atoms with E-state index in [2.05, 4.69) is 11.0 Å². The Morgan fingerprint density at radius 2 is 2.53 bits per heavy atom. The van der Waals surface area contributed by atoms with Crippen molar-refractivity contribution in [2.45, 2.75) is 12.6 Å². The summed E-state index contributed by atoms with van der Waals surface area (Å²) in [6.07, 6.45) is -0.283. The lowest BCUT2D eigenvalue weighted by atomic mass is 10.3. The Bertz CT molecular complexity index is 374. The largest absolute Gasteiger partial charge is 0.361 e. The van der Waals surface area contributed by atoms with Crippen molar-refractivity contribution in [2.24, 2.45) is 0 Å². The molecule has 5 heteroatoms. The molecule has 1 fully saturated rings. The van der Waals surface area contributed by atoms with E-state index in [9.17, 15) is 0 Å². The van der Waals surface area contributed by atoms with Crippen LogP contribution in [0.25, 0.3) is 0 Å². The minimum Gasteiger partial charge on any atom is -0.361 e. The van der Waals surface area contributed by atoms with Crippen molar-refractivity contribution in [3.05, 3.63) is 21.3 Å². The Morgan fingerprint density at radius 3 is 3.20 bits per heavy atom. The number of nitrogens with zero attached hydrogens (tertiary/aromatic N) is 2. The molecular formula is C10H11ClN2OS. The summed E-state index contributed by atoms with van der Waals surface area (Å²) in [5.74, 6) is 0. The van der Waals surface area contributed by atoms with Gasteiger partial charge in [0.25, 0.3) is 0 Å². The Morgan fingerprint density at radius 1 is 1.67 bits per heavy atom. The van der Waals surface area contributed by atoms with Gasteiger partial charge in [-0.15, -0.1) is 11.3 Å². The minimum atomic E-state index is -0.283. The summed E-state index contributed by atoms with van der Waals surface area (Å²) in [6.45, 7) is 3.07. The molecule has 0 aromatic carbocycles. The van der Waals surface area contributed by atoms with E-state index in [1.54, 1.807) is 11.3 Å². The predicted molar refractivity (Wildman–Crippen MR) is 60.0 cm³/mol. The first-order valence-corrected chi connectivity index (χ1v) is 5.95. The van der Waals surface area contributed by atoms with E-state index >= 15 is 0 Å². The molecule has 0 radical (unpaired) electrons. The summed E-state index contributed by atoms with van der Waals surface area (Å²) in [5.41, 5.74) is 0. The third-order valence-corrected chi connectivity index (χ3v) is 3.52. The van der Waals surface area contributed by atoms with E-state index in [1.807, 2.05) is 12.1 Å². The van der Waals surface area contributed by atoms with E-state index in [4.69, 9.17) is 21.6 Å². The molecule has 2 heterocycles. The molecule has 1 unspecified atom stereocenters. The molecule has 2 rings (SSSR count). The fourth-order valence-corrected chi connectivity index (χ4v) is 2.71. The van der Waals surface area contributed by atoms with Gasteiger partial charge in [-0.1, -0.05) is 11.6 Å². The maximum Gasteiger partial charge on any atom is 0.156 e. The highest BCUT2D eigenvalue weighted by Crippen LogP contribution is 2.23. The molecule has 0 saturated carbocycles. The molecule has 1 aromatic heterocycles. The van der Waals surface area contributed by atoms with Crippen LogP contribution in [-0.2, 0) is 11.3 Å². The summed E-state index contributed by atoms with van der Waals surface area (Å²) in [4.78, 5) is 3.46. The zero-order valence-corrected chi connectivity index (χ0v) is 9.72. The molecule has 15 heavy (non-hydrogen) atoms. The van der Waals surface area contributed by atoms with Crippen LogP contribution in [0.2, 0.25) is 4.34 Å². The number of nitriles is 1. The first-order chi connectivity index (χ1) is 7.28. The molecule has 1 aliphatic rings. The van der Waals surface area contributed by atoms with Crippen molar-refractivity contribution < 1.29 is 4.74 Å². The molecule has 1 aliphatic heterocycles. The molecule has 0 spiro atoms. The SMILES string of the molecule is N#CC1CN(Cc2ccc(Cl)s2)CCO1. The number of morpholine rings is 1. The predicted octanol–water partition coefficient (Wildman–Crippen LogP) is 2.13. The maximum atomic E-state index is 8.76. The monoisotopic (exact) mass is 242 g/mol. The average molecular weight is 243 g/mol. The fourth-order valence-electron chi connectivity index (χ4n) is 1.58. The average Bonchev–Trinajstić information content (AvgIpc) is 2.64. The molecule has 3 nitrogen and oxygen atoms in total. The molecular weight excluding hydrogens is 232 g/mol. The number of hydrogen-bond acceptors (Lipinski definition) is 4. The van der Waals surface area contributed by atoms with Crippen molar-refractivity contribution in [3.63, 3.8) is 0 Å². The van der Waals surface area contributed by atoms with Gasteiger partial charge in [0.05, 0.1) is 17.0 Å². The van der Waals surface area contributed by atoms with Crippen molar-refractivity contribution in [3.8, 4) is 6.07 Å². The second-order valence-corrected chi connectivity index (χ2v) is 5.23. The maximum absolute atomic E-state index is 8.76. The van der Waals surface area contributed by atoms with Crippen LogP contribution in [0.1, 0.15) is 4.88 Å². The zero-order valence-electron chi connectivity index (χ0n) is 8.15. The van der Waals surface area contributed by atoms with Crippen LogP contribution in [0.4, 0.5) is 0 Å². The van der Waals surface area contributed by atoms with E-state index in [-0.39, 0.29) is 6.10 Å². The summed E-state index contributed by atoms with van der Waals surface area (Å²) in [7, 11) is 0. The Hall–Kier alpha value is -0.600. The molecule has 0 bridgehead atoms. The highest BCUT2D eigenvalue weighted by atomic mass is 35.5. The van der Waals surface area contributed by atoms with E-state index in [0.29, 0.717) is 13.2 Å². The zero-order chi connectivity index (χ0) is 10.7. The lowest BCUT2D eigenvalue weighted by molar-refractivity contribution is -0.00232. The van der Waals surface area contributed by atoms with Crippen molar-refractivity contribution in [1.82, 2.24) is 4.90 Å². The third-order valence-electron chi connectivity index (χ3n) is 2.30. The lowest BCUT2D eigenvalue weighted by Gasteiger charge is -2.29. The van der Waals surface area contributed by atoms with E-state index < -0.39 is 0 Å². The highest BCUT2D eigenvalue weighted by Gasteiger charge is 2.20. The normalized spacial score (nSPS) is 22.5. The van der Waals surface area contributed by atoms with Gasteiger partial charge in [0, 0.05) is 24.5 Å².